The smallest absolute Gasteiger partial charge is 0.269 e. The topological polar surface area (TPSA) is 67.4 Å². The summed E-state index contributed by atoms with van der Waals surface area (Å²) in [6.07, 6.45) is 2.42. The lowest BCUT2D eigenvalue weighted by Crippen LogP contribution is -2.47. The van der Waals surface area contributed by atoms with Crippen LogP contribution in [0.25, 0.3) is 5.69 Å². The minimum absolute atomic E-state index is 0.381. The predicted octanol–water partition coefficient (Wildman–Crippen LogP) is 4.60. The van der Waals surface area contributed by atoms with Gasteiger partial charge >= 0.3 is 0 Å². The van der Waals surface area contributed by atoms with Crippen LogP contribution in [-0.2, 0) is 12.8 Å². The van der Waals surface area contributed by atoms with Crippen molar-refractivity contribution < 1.29 is 4.79 Å². The Morgan fingerprint density at radius 2 is 1.73 bits per heavy atom. The molecule has 0 atom stereocenters. The number of anilines is 1. The Labute approximate surface area is 204 Å². The summed E-state index contributed by atoms with van der Waals surface area (Å²) in [6, 6.07) is 15.8. The van der Waals surface area contributed by atoms with E-state index in [-0.39, 0.29) is 0 Å². The third-order valence-electron chi connectivity index (χ3n) is 6.07. The number of carbonyl (C=O) groups is 1. The first kappa shape index (κ1) is 23.6. The SMILES string of the molecule is CCCc1nc(C(N)=O)c(CCN2CCN(c3cccc(Cl)c3Cl)CC2)n1-c1ccccc1. The molecule has 174 valence electrons. The minimum Gasteiger partial charge on any atom is -0.368 e. The number of piperazine rings is 1. The van der Waals surface area contributed by atoms with Crippen LogP contribution >= 0.6 is 23.2 Å². The second-order valence-electron chi connectivity index (χ2n) is 8.26. The van der Waals surface area contributed by atoms with Crippen molar-refractivity contribution in [3.63, 3.8) is 0 Å². The van der Waals surface area contributed by atoms with E-state index in [4.69, 9.17) is 28.9 Å². The molecule has 2 aromatic carbocycles. The molecule has 1 aliphatic rings. The highest BCUT2D eigenvalue weighted by atomic mass is 35.5. The van der Waals surface area contributed by atoms with Crippen molar-refractivity contribution in [1.82, 2.24) is 14.5 Å². The first-order valence-electron chi connectivity index (χ1n) is 11.4. The van der Waals surface area contributed by atoms with E-state index >= 15 is 0 Å². The van der Waals surface area contributed by atoms with Gasteiger partial charge in [0, 0.05) is 51.3 Å². The van der Waals surface area contributed by atoms with E-state index in [2.05, 4.69) is 26.3 Å². The largest absolute Gasteiger partial charge is 0.368 e. The van der Waals surface area contributed by atoms with Crippen LogP contribution in [0.2, 0.25) is 10.0 Å². The maximum Gasteiger partial charge on any atom is 0.269 e. The van der Waals surface area contributed by atoms with Gasteiger partial charge < -0.3 is 10.6 Å². The van der Waals surface area contributed by atoms with E-state index < -0.39 is 5.91 Å². The molecule has 1 amide bonds. The fourth-order valence-corrected chi connectivity index (χ4v) is 4.83. The van der Waals surface area contributed by atoms with Crippen LogP contribution in [0.3, 0.4) is 0 Å². The molecule has 2 heterocycles. The van der Waals surface area contributed by atoms with Gasteiger partial charge in [-0.1, -0.05) is 54.4 Å². The maximum absolute atomic E-state index is 12.2. The molecule has 2 N–H and O–H groups in total. The number of benzene rings is 2. The maximum atomic E-state index is 12.2. The van der Waals surface area contributed by atoms with Gasteiger partial charge in [0.25, 0.3) is 5.91 Å². The summed E-state index contributed by atoms with van der Waals surface area (Å²) in [4.78, 5) is 21.6. The molecule has 0 aliphatic carbocycles. The van der Waals surface area contributed by atoms with Crippen LogP contribution < -0.4 is 10.6 Å². The number of aromatic nitrogens is 2. The Bertz CT molecular complexity index is 1110. The van der Waals surface area contributed by atoms with Crippen LogP contribution in [0, 0.1) is 0 Å². The van der Waals surface area contributed by atoms with E-state index in [9.17, 15) is 4.79 Å². The van der Waals surface area contributed by atoms with Gasteiger partial charge in [-0.25, -0.2) is 4.98 Å². The Morgan fingerprint density at radius 1 is 1.00 bits per heavy atom. The number of hydrogen-bond acceptors (Lipinski definition) is 4. The zero-order valence-electron chi connectivity index (χ0n) is 18.8. The molecule has 1 fully saturated rings. The van der Waals surface area contributed by atoms with E-state index in [1.165, 1.54) is 0 Å². The number of imidazole rings is 1. The number of hydrogen-bond donors (Lipinski definition) is 1. The first-order chi connectivity index (χ1) is 16.0. The average molecular weight is 486 g/mol. The quantitative estimate of drug-likeness (QED) is 0.506. The molecule has 1 aromatic heterocycles. The third kappa shape index (κ3) is 5.18. The molecule has 0 radical (unpaired) electrons. The molecule has 3 aromatic rings. The molecular formula is C25H29Cl2N5O. The number of para-hydroxylation sites is 1. The number of primary amides is 1. The molecule has 1 aliphatic heterocycles. The molecule has 0 bridgehead atoms. The zero-order chi connectivity index (χ0) is 23.4. The van der Waals surface area contributed by atoms with Gasteiger partial charge in [0.1, 0.15) is 11.5 Å². The number of nitrogens with zero attached hydrogens (tertiary/aromatic N) is 4. The van der Waals surface area contributed by atoms with Gasteiger partial charge in [-0.15, -0.1) is 0 Å². The fraction of sp³-hybridized carbons (Fsp3) is 0.360. The number of rotatable bonds is 8. The lowest BCUT2D eigenvalue weighted by Gasteiger charge is -2.36. The molecular weight excluding hydrogens is 457 g/mol. The average Bonchev–Trinajstić information content (AvgIpc) is 3.19. The second kappa shape index (κ2) is 10.6. The lowest BCUT2D eigenvalue weighted by molar-refractivity contribution is 0.0994. The van der Waals surface area contributed by atoms with Gasteiger partial charge in [-0.2, -0.15) is 0 Å². The van der Waals surface area contributed by atoms with Crippen LogP contribution in [0.5, 0.6) is 0 Å². The van der Waals surface area contributed by atoms with Gasteiger partial charge in [0.2, 0.25) is 0 Å². The molecule has 0 spiro atoms. The first-order valence-corrected chi connectivity index (χ1v) is 12.1. The third-order valence-corrected chi connectivity index (χ3v) is 6.88. The number of carbonyl (C=O) groups excluding carboxylic acids is 1. The minimum atomic E-state index is -0.475. The van der Waals surface area contributed by atoms with Crippen molar-refractivity contribution in [2.24, 2.45) is 5.73 Å². The van der Waals surface area contributed by atoms with Gasteiger partial charge in [0.15, 0.2) is 0 Å². The summed E-state index contributed by atoms with van der Waals surface area (Å²) in [5, 5.41) is 1.18. The van der Waals surface area contributed by atoms with E-state index in [1.54, 1.807) is 0 Å². The second-order valence-corrected chi connectivity index (χ2v) is 9.05. The summed E-state index contributed by atoms with van der Waals surface area (Å²) < 4.78 is 2.12. The predicted molar refractivity (Wildman–Crippen MR) is 135 cm³/mol. The summed E-state index contributed by atoms with van der Waals surface area (Å²) >= 11 is 12.6. The number of aryl methyl sites for hydroxylation is 1. The highest BCUT2D eigenvalue weighted by molar-refractivity contribution is 6.43. The Balaban J connectivity index is 1.50. The number of nitrogens with two attached hydrogens (primary N) is 1. The van der Waals surface area contributed by atoms with Crippen LogP contribution in [0.15, 0.2) is 48.5 Å². The molecule has 4 rings (SSSR count). The molecule has 6 nitrogen and oxygen atoms in total. The summed E-state index contributed by atoms with van der Waals surface area (Å²) in [5.74, 6) is 0.408. The number of amides is 1. The normalized spacial score (nSPS) is 14.6. The summed E-state index contributed by atoms with van der Waals surface area (Å²) in [6.45, 7) is 6.45. The van der Waals surface area contributed by atoms with Gasteiger partial charge in [-0.05, 0) is 30.7 Å². The Hall–Kier alpha value is -2.54. The zero-order valence-corrected chi connectivity index (χ0v) is 20.3. The summed E-state index contributed by atoms with van der Waals surface area (Å²) in [7, 11) is 0. The van der Waals surface area contributed by atoms with Crippen molar-refractivity contribution in [2.75, 3.05) is 37.6 Å². The highest BCUT2D eigenvalue weighted by Crippen LogP contribution is 2.33. The standard InChI is InChI=1S/C25H29Cl2N5O/c1-2-7-22-29-24(25(28)33)21(32(22)18-8-4-3-5-9-18)12-13-30-14-16-31(17-15-30)20-11-6-10-19(26)23(20)27/h3-6,8-11H,2,7,12-17H2,1H3,(H2,28,33). The number of halogens is 2. The van der Waals surface area contributed by atoms with E-state index in [0.29, 0.717) is 22.2 Å². The monoisotopic (exact) mass is 485 g/mol. The summed E-state index contributed by atoms with van der Waals surface area (Å²) in [5.41, 5.74) is 8.99. The lowest BCUT2D eigenvalue weighted by atomic mass is 10.2. The van der Waals surface area contributed by atoms with Crippen molar-refractivity contribution >= 4 is 34.8 Å². The Morgan fingerprint density at radius 3 is 2.39 bits per heavy atom. The van der Waals surface area contributed by atoms with Crippen molar-refractivity contribution in [3.8, 4) is 5.69 Å². The molecule has 8 heteroatoms. The van der Waals surface area contributed by atoms with Crippen molar-refractivity contribution in [1.29, 1.82) is 0 Å². The van der Waals surface area contributed by atoms with Crippen molar-refractivity contribution in [3.05, 3.63) is 75.8 Å². The van der Waals surface area contributed by atoms with Crippen molar-refractivity contribution in [2.45, 2.75) is 26.2 Å². The van der Waals surface area contributed by atoms with Crippen LogP contribution in [-0.4, -0.2) is 53.1 Å². The fourth-order valence-electron chi connectivity index (χ4n) is 4.42. The Kier molecular flexibility index (Phi) is 7.58. The van der Waals surface area contributed by atoms with E-state index in [1.807, 2.05) is 48.5 Å². The highest BCUT2D eigenvalue weighted by Gasteiger charge is 2.24. The van der Waals surface area contributed by atoms with Crippen LogP contribution in [0.1, 0.15) is 35.4 Å². The molecule has 33 heavy (non-hydrogen) atoms. The van der Waals surface area contributed by atoms with Gasteiger partial charge in [0.05, 0.1) is 21.4 Å². The molecule has 0 saturated carbocycles. The van der Waals surface area contributed by atoms with Gasteiger partial charge in [-0.3, -0.25) is 14.3 Å². The van der Waals surface area contributed by atoms with E-state index in [0.717, 1.165) is 68.5 Å². The molecule has 0 unspecified atom stereocenters. The molecule has 1 saturated heterocycles. The van der Waals surface area contributed by atoms with Crippen LogP contribution in [0.4, 0.5) is 5.69 Å².